The maximum Gasteiger partial charge on any atom is 0.418 e. The van der Waals surface area contributed by atoms with Crippen LogP contribution in [-0.2, 0) is 13.2 Å². The Labute approximate surface area is 198 Å². The number of aryl methyl sites for hydroxylation is 1. The number of thiazole rings is 1. The normalized spacial score (nSPS) is 12.5. The zero-order valence-corrected chi connectivity index (χ0v) is 19.0. The largest absolute Gasteiger partial charge is 0.418 e. The molecule has 176 valence electrons. The topological polar surface area (TPSA) is 128 Å². The fourth-order valence-corrected chi connectivity index (χ4v) is 3.96. The van der Waals surface area contributed by atoms with E-state index < -0.39 is 34.6 Å². The molecular weight excluding hydrogens is 497 g/mol. The van der Waals surface area contributed by atoms with Crippen LogP contribution in [0.2, 0.25) is 5.02 Å². The summed E-state index contributed by atoms with van der Waals surface area (Å²) in [6, 6.07) is 0.0451. The third-order valence-electron chi connectivity index (χ3n) is 4.58. The monoisotopic (exact) mass is 510 g/mol. The summed E-state index contributed by atoms with van der Waals surface area (Å²) in [5.41, 5.74) is -0.207. The van der Waals surface area contributed by atoms with Gasteiger partial charge in [-0.1, -0.05) is 11.6 Å². The highest BCUT2D eigenvalue weighted by atomic mass is 35.5. The molecule has 15 heteroatoms. The van der Waals surface area contributed by atoms with E-state index in [-0.39, 0.29) is 16.4 Å². The molecule has 34 heavy (non-hydrogen) atoms. The summed E-state index contributed by atoms with van der Waals surface area (Å²) in [5, 5.41) is 4.83. The average molecular weight is 511 g/mol. The van der Waals surface area contributed by atoms with Gasteiger partial charge in [0.05, 0.1) is 29.2 Å². The highest BCUT2D eigenvalue weighted by molar-refractivity contribution is 7.13. The van der Waals surface area contributed by atoms with Crippen LogP contribution in [0.3, 0.4) is 0 Å². The van der Waals surface area contributed by atoms with Crippen molar-refractivity contribution in [2.24, 2.45) is 7.05 Å². The molecule has 0 bridgehead atoms. The average Bonchev–Trinajstić information content (AvgIpc) is 3.42. The summed E-state index contributed by atoms with van der Waals surface area (Å²) >= 11 is 6.50. The highest BCUT2D eigenvalue weighted by Gasteiger charge is 2.34. The molecule has 0 fully saturated rings. The number of imidazole rings is 1. The molecule has 0 aliphatic rings. The summed E-state index contributed by atoms with van der Waals surface area (Å²) in [6.45, 7) is 1.66. The fourth-order valence-electron chi connectivity index (χ4n) is 2.93. The minimum Gasteiger partial charge on any atom is -0.342 e. The van der Waals surface area contributed by atoms with Gasteiger partial charge in [-0.15, -0.1) is 11.3 Å². The van der Waals surface area contributed by atoms with Gasteiger partial charge in [0.15, 0.2) is 11.3 Å². The Morgan fingerprint density at radius 1 is 1.12 bits per heavy atom. The van der Waals surface area contributed by atoms with Crippen LogP contribution in [-0.4, -0.2) is 41.3 Å². The van der Waals surface area contributed by atoms with Gasteiger partial charge in [0.1, 0.15) is 27.5 Å². The molecule has 4 heterocycles. The minimum absolute atomic E-state index is 0.0845. The number of pyridine rings is 1. The van der Waals surface area contributed by atoms with Gasteiger partial charge in [0.2, 0.25) is 0 Å². The summed E-state index contributed by atoms with van der Waals surface area (Å²) in [6.07, 6.45) is 0.125. The van der Waals surface area contributed by atoms with Crippen LogP contribution in [0.25, 0.3) is 11.2 Å². The minimum atomic E-state index is -4.70. The number of rotatable bonds is 5. The summed E-state index contributed by atoms with van der Waals surface area (Å²) in [4.78, 5) is 45.4. The van der Waals surface area contributed by atoms with Crippen LogP contribution < -0.4 is 10.6 Å². The number of hydrogen-bond donors (Lipinski definition) is 2. The van der Waals surface area contributed by atoms with E-state index in [9.17, 15) is 22.8 Å². The van der Waals surface area contributed by atoms with Gasteiger partial charge in [-0.25, -0.2) is 24.9 Å². The van der Waals surface area contributed by atoms with E-state index in [4.69, 9.17) is 11.6 Å². The van der Waals surface area contributed by atoms with Gasteiger partial charge >= 0.3 is 6.18 Å². The van der Waals surface area contributed by atoms with Crippen LogP contribution in [0, 0.1) is 0 Å². The number of amides is 2. The lowest BCUT2D eigenvalue weighted by Crippen LogP contribution is -2.27. The third kappa shape index (κ3) is 4.68. The van der Waals surface area contributed by atoms with Crippen molar-refractivity contribution in [1.82, 2.24) is 34.8 Å². The standard InChI is InChI=1S/C19H14ClF3N8O2S/c1-8(29-17(33)14-13-15(27-6-26-14)31(2)7-28-13)18-25-5-11(34-18)16(32)30-12-3-9(19(21,22)23)10(20)4-24-12/h3-8H,1-2H3,(H,29,33)(H,24,30,32)/t8-/m1/s1. The molecule has 2 amide bonds. The SMILES string of the molecule is C[C@@H](NC(=O)c1ncnc2c1ncn2C)c1ncc(C(=O)Nc2cc(C(F)(F)F)c(Cl)cn2)s1. The first kappa shape index (κ1) is 23.5. The lowest BCUT2D eigenvalue weighted by Gasteiger charge is -2.11. The lowest BCUT2D eigenvalue weighted by molar-refractivity contribution is -0.137. The van der Waals surface area contributed by atoms with Crippen LogP contribution >= 0.6 is 22.9 Å². The molecule has 0 saturated carbocycles. The molecule has 0 saturated heterocycles. The Morgan fingerprint density at radius 2 is 1.88 bits per heavy atom. The fraction of sp³-hybridized carbons (Fsp3) is 0.211. The van der Waals surface area contributed by atoms with Crippen LogP contribution in [0.15, 0.2) is 31.1 Å². The molecule has 0 aromatic carbocycles. The molecule has 0 radical (unpaired) electrons. The third-order valence-corrected chi connectivity index (χ3v) is 6.06. The number of anilines is 1. The first-order valence-corrected chi connectivity index (χ1v) is 10.7. The molecule has 0 aliphatic heterocycles. The van der Waals surface area contributed by atoms with Gasteiger partial charge in [-0.2, -0.15) is 13.2 Å². The lowest BCUT2D eigenvalue weighted by atomic mass is 10.2. The summed E-state index contributed by atoms with van der Waals surface area (Å²) in [5.74, 6) is -1.54. The Bertz CT molecular complexity index is 1400. The molecule has 4 aromatic heterocycles. The zero-order valence-electron chi connectivity index (χ0n) is 17.4. The van der Waals surface area contributed by atoms with Crippen molar-refractivity contribution in [2.75, 3.05) is 5.32 Å². The Balaban J connectivity index is 1.46. The number of nitrogens with one attached hydrogen (secondary N) is 2. The second-order valence-electron chi connectivity index (χ2n) is 7.01. The molecule has 2 N–H and O–H groups in total. The molecule has 1 atom stereocenters. The second kappa shape index (κ2) is 8.95. The zero-order chi connectivity index (χ0) is 24.6. The maximum absolute atomic E-state index is 13.0. The Hall–Kier alpha value is -3.65. The van der Waals surface area contributed by atoms with E-state index in [1.165, 1.54) is 18.9 Å². The Morgan fingerprint density at radius 3 is 2.62 bits per heavy atom. The number of halogens is 4. The van der Waals surface area contributed by atoms with Gasteiger partial charge in [0, 0.05) is 13.2 Å². The summed E-state index contributed by atoms with van der Waals surface area (Å²) in [7, 11) is 1.73. The molecule has 10 nitrogen and oxygen atoms in total. The van der Waals surface area contributed by atoms with Gasteiger partial charge in [-0.3, -0.25) is 9.59 Å². The van der Waals surface area contributed by atoms with Crippen molar-refractivity contribution < 1.29 is 22.8 Å². The number of carbonyl (C=O) groups is 2. The molecule has 4 rings (SSSR count). The first-order valence-electron chi connectivity index (χ1n) is 9.47. The number of fused-ring (bicyclic) bond motifs is 1. The quantitative estimate of drug-likeness (QED) is 0.419. The number of aromatic nitrogens is 6. The maximum atomic E-state index is 13.0. The molecular formula is C19H14ClF3N8O2S. The number of carbonyl (C=O) groups excluding carboxylic acids is 2. The van der Waals surface area contributed by atoms with Crippen molar-refractivity contribution >= 4 is 51.7 Å². The van der Waals surface area contributed by atoms with E-state index in [0.29, 0.717) is 22.2 Å². The van der Waals surface area contributed by atoms with E-state index in [1.54, 1.807) is 18.5 Å². The van der Waals surface area contributed by atoms with Crippen molar-refractivity contribution in [1.29, 1.82) is 0 Å². The summed E-state index contributed by atoms with van der Waals surface area (Å²) < 4.78 is 40.7. The van der Waals surface area contributed by atoms with Gasteiger partial charge in [-0.05, 0) is 13.0 Å². The number of alkyl halides is 3. The smallest absolute Gasteiger partial charge is 0.342 e. The molecule has 0 unspecified atom stereocenters. The highest BCUT2D eigenvalue weighted by Crippen LogP contribution is 2.35. The van der Waals surface area contributed by atoms with Gasteiger partial charge in [0.25, 0.3) is 11.8 Å². The van der Waals surface area contributed by atoms with E-state index in [2.05, 4.69) is 35.6 Å². The Kier molecular flexibility index (Phi) is 6.18. The van der Waals surface area contributed by atoms with Gasteiger partial charge < -0.3 is 15.2 Å². The predicted octanol–water partition coefficient (Wildman–Crippen LogP) is 3.63. The van der Waals surface area contributed by atoms with E-state index >= 15 is 0 Å². The van der Waals surface area contributed by atoms with Crippen molar-refractivity contribution in [2.45, 2.75) is 19.1 Å². The first-order chi connectivity index (χ1) is 16.0. The molecule has 4 aromatic rings. The van der Waals surface area contributed by atoms with E-state index in [0.717, 1.165) is 17.5 Å². The van der Waals surface area contributed by atoms with Crippen molar-refractivity contribution in [3.05, 3.63) is 57.3 Å². The van der Waals surface area contributed by atoms with Crippen molar-refractivity contribution in [3.63, 3.8) is 0 Å². The van der Waals surface area contributed by atoms with Crippen molar-refractivity contribution in [3.8, 4) is 0 Å². The number of hydrogen-bond acceptors (Lipinski definition) is 8. The molecule has 0 aliphatic carbocycles. The molecule has 0 spiro atoms. The number of nitrogens with zero attached hydrogens (tertiary/aromatic N) is 6. The van der Waals surface area contributed by atoms with Crippen LogP contribution in [0.5, 0.6) is 0 Å². The van der Waals surface area contributed by atoms with E-state index in [1.807, 2.05) is 0 Å². The van der Waals surface area contributed by atoms with Crippen LogP contribution in [0.4, 0.5) is 19.0 Å². The van der Waals surface area contributed by atoms with Crippen LogP contribution in [0.1, 0.15) is 43.7 Å². The predicted molar refractivity (Wildman–Crippen MR) is 117 cm³/mol. The second-order valence-corrected chi connectivity index (χ2v) is 8.48.